The second-order valence-electron chi connectivity index (χ2n) is 8.03. The second-order valence-corrected chi connectivity index (χ2v) is 8.03. The second kappa shape index (κ2) is 7.80. The highest BCUT2D eigenvalue weighted by Crippen LogP contribution is 2.22. The van der Waals surface area contributed by atoms with Gasteiger partial charge < -0.3 is 5.32 Å². The summed E-state index contributed by atoms with van der Waals surface area (Å²) in [5, 5.41) is 3.18. The lowest BCUT2D eigenvalue weighted by molar-refractivity contribution is -0.122. The van der Waals surface area contributed by atoms with Gasteiger partial charge in [-0.25, -0.2) is 0 Å². The van der Waals surface area contributed by atoms with Crippen LogP contribution in [-0.4, -0.2) is 11.9 Å². The van der Waals surface area contributed by atoms with Gasteiger partial charge >= 0.3 is 0 Å². The van der Waals surface area contributed by atoms with Crippen molar-refractivity contribution in [3.05, 3.63) is 35.4 Å². The van der Waals surface area contributed by atoms with Crippen LogP contribution in [0.1, 0.15) is 66.0 Å². The number of carbonyl (C=O) groups is 1. The molecular weight excluding hydrogens is 270 g/mol. The van der Waals surface area contributed by atoms with E-state index in [0.29, 0.717) is 18.3 Å². The van der Waals surface area contributed by atoms with E-state index < -0.39 is 0 Å². The van der Waals surface area contributed by atoms with Crippen LogP contribution < -0.4 is 5.32 Å². The minimum absolute atomic E-state index is 0.160. The molecule has 0 saturated carbocycles. The molecule has 1 aromatic carbocycles. The smallest absolute Gasteiger partial charge is 0.220 e. The molecule has 0 aliphatic carbocycles. The Morgan fingerprint density at radius 1 is 1.00 bits per heavy atom. The molecule has 0 aliphatic heterocycles. The molecule has 124 valence electrons. The molecule has 1 rings (SSSR count). The van der Waals surface area contributed by atoms with Gasteiger partial charge in [0.15, 0.2) is 0 Å². The summed E-state index contributed by atoms with van der Waals surface area (Å²) in [6.07, 6.45) is 1.37. The molecule has 2 heteroatoms. The first-order chi connectivity index (χ1) is 10.1. The van der Waals surface area contributed by atoms with Crippen molar-refractivity contribution in [2.45, 2.75) is 72.8 Å². The monoisotopic (exact) mass is 303 g/mol. The fourth-order valence-electron chi connectivity index (χ4n) is 2.79. The minimum atomic E-state index is 0.160. The van der Waals surface area contributed by atoms with Crippen LogP contribution in [0.3, 0.4) is 0 Å². The number of amides is 1. The van der Waals surface area contributed by atoms with E-state index in [1.54, 1.807) is 0 Å². The van der Waals surface area contributed by atoms with Crippen LogP contribution in [0.4, 0.5) is 0 Å². The third kappa shape index (κ3) is 5.82. The highest BCUT2D eigenvalue weighted by atomic mass is 16.1. The lowest BCUT2D eigenvalue weighted by Gasteiger charge is -2.26. The molecular formula is C20H33NO. The molecule has 0 aromatic heterocycles. The Balaban J connectivity index is 2.54. The van der Waals surface area contributed by atoms with Crippen molar-refractivity contribution in [1.29, 1.82) is 0 Å². The normalized spacial score (nSPS) is 12.3. The standard InChI is InChI=1S/C20H33NO/c1-14(2)19(15(3)4)21-18(22)13-10-16-8-11-17(12-9-16)20(5,6)7/h8-9,11-12,14-15,19H,10,13H2,1-7H3,(H,21,22). The van der Waals surface area contributed by atoms with Gasteiger partial charge in [0.2, 0.25) is 5.91 Å². The Kier molecular flexibility index (Phi) is 6.65. The number of hydrogen-bond donors (Lipinski definition) is 1. The third-order valence-electron chi connectivity index (χ3n) is 4.22. The lowest BCUT2D eigenvalue weighted by atomic mass is 9.86. The van der Waals surface area contributed by atoms with Crippen molar-refractivity contribution >= 4 is 5.91 Å². The van der Waals surface area contributed by atoms with Crippen LogP contribution in [0.5, 0.6) is 0 Å². The number of aryl methyl sites for hydroxylation is 1. The predicted molar refractivity (Wildman–Crippen MR) is 95.1 cm³/mol. The average Bonchev–Trinajstić information content (AvgIpc) is 2.41. The molecule has 0 aliphatic rings. The maximum absolute atomic E-state index is 12.2. The fourth-order valence-corrected chi connectivity index (χ4v) is 2.79. The maximum Gasteiger partial charge on any atom is 0.220 e. The quantitative estimate of drug-likeness (QED) is 0.810. The summed E-state index contributed by atoms with van der Waals surface area (Å²) in [7, 11) is 0. The van der Waals surface area contributed by atoms with Gasteiger partial charge in [-0.1, -0.05) is 72.7 Å². The molecule has 0 unspecified atom stereocenters. The van der Waals surface area contributed by atoms with Gasteiger partial charge in [-0.05, 0) is 34.8 Å². The Hall–Kier alpha value is -1.31. The number of hydrogen-bond acceptors (Lipinski definition) is 1. The van der Waals surface area contributed by atoms with Crippen molar-refractivity contribution in [3.8, 4) is 0 Å². The molecule has 1 amide bonds. The van der Waals surface area contributed by atoms with Crippen molar-refractivity contribution < 1.29 is 4.79 Å². The van der Waals surface area contributed by atoms with Gasteiger partial charge in [0.1, 0.15) is 0 Å². The van der Waals surface area contributed by atoms with Gasteiger partial charge in [-0.15, -0.1) is 0 Å². The Morgan fingerprint density at radius 3 is 1.91 bits per heavy atom. The van der Waals surface area contributed by atoms with E-state index in [9.17, 15) is 4.79 Å². The van der Waals surface area contributed by atoms with Crippen LogP contribution in [0.25, 0.3) is 0 Å². The SMILES string of the molecule is CC(C)C(NC(=O)CCc1ccc(C(C)(C)C)cc1)C(C)C. The number of benzene rings is 1. The zero-order valence-electron chi connectivity index (χ0n) is 15.4. The Morgan fingerprint density at radius 2 is 1.50 bits per heavy atom. The van der Waals surface area contributed by atoms with Crippen LogP contribution in [0.2, 0.25) is 0 Å². The zero-order chi connectivity index (χ0) is 16.9. The van der Waals surface area contributed by atoms with E-state index in [2.05, 4.69) is 78.0 Å². The topological polar surface area (TPSA) is 29.1 Å². The van der Waals surface area contributed by atoms with Crippen molar-refractivity contribution in [2.75, 3.05) is 0 Å². The number of carbonyl (C=O) groups excluding carboxylic acids is 1. The summed E-state index contributed by atoms with van der Waals surface area (Å²) < 4.78 is 0. The Bertz CT molecular complexity index is 457. The van der Waals surface area contributed by atoms with E-state index in [1.807, 2.05) is 0 Å². The third-order valence-corrected chi connectivity index (χ3v) is 4.22. The van der Waals surface area contributed by atoms with E-state index in [4.69, 9.17) is 0 Å². The molecule has 2 nitrogen and oxygen atoms in total. The molecule has 0 heterocycles. The van der Waals surface area contributed by atoms with Gasteiger partial charge in [0, 0.05) is 12.5 Å². The number of rotatable bonds is 6. The maximum atomic E-state index is 12.2. The fraction of sp³-hybridized carbons (Fsp3) is 0.650. The molecule has 0 radical (unpaired) electrons. The van der Waals surface area contributed by atoms with Crippen molar-refractivity contribution in [1.82, 2.24) is 5.32 Å². The molecule has 0 fully saturated rings. The molecule has 0 atom stereocenters. The first kappa shape index (κ1) is 18.7. The van der Waals surface area contributed by atoms with Crippen LogP contribution in [0.15, 0.2) is 24.3 Å². The van der Waals surface area contributed by atoms with Gasteiger partial charge in [-0.3, -0.25) is 4.79 Å². The molecule has 0 saturated heterocycles. The molecule has 1 aromatic rings. The molecule has 22 heavy (non-hydrogen) atoms. The van der Waals surface area contributed by atoms with Crippen LogP contribution in [0, 0.1) is 11.8 Å². The van der Waals surface area contributed by atoms with E-state index in [-0.39, 0.29) is 17.4 Å². The van der Waals surface area contributed by atoms with Gasteiger partial charge in [0.25, 0.3) is 0 Å². The van der Waals surface area contributed by atoms with Crippen molar-refractivity contribution in [2.24, 2.45) is 11.8 Å². The van der Waals surface area contributed by atoms with E-state index in [1.165, 1.54) is 11.1 Å². The highest BCUT2D eigenvalue weighted by Gasteiger charge is 2.19. The highest BCUT2D eigenvalue weighted by molar-refractivity contribution is 5.76. The van der Waals surface area contributed by atoms with Gasteiger partial charge in [0.05, 0.1) is 0 Å². The van der Waals surface area contributed by atoms with Crippen molar-refractivity contribution in [3.63, 3.8) is 0 Å². The molecule has 0 spiro atoms. The first-order valence-corrected chi connectivity index (χ1v) is 8.50. The molecule has 0 bridgehead atoms. The lowest BCUT2D eigenvalue weighted by Crippen LogP contribution is -2.42. The number of nitrogens with one attached hydrogen (secondary N) is 1. The summed E-state index contributed by atoms with van der Waals surface area (Å²) in [6, 6.07) is 8.92. The summed E-state index contributed by atoms with van der Waals surface area (Å²) in [6.45, 7) is 15.3. The minimum Gasteiger partial charge on any atom is -0.353 e. The summed E-state index contributed by atoms with van der Waals surface area (Å²) in [5.74, 6) is 1.09. The summed E-state index contributed by atoms with van der Waals surface area (Å²) >= 11 is 0. The largest absolute Gasteiger partial charge is 0.353 e. The Labute approximate surface area is 136 Å². The van der Waals surface area contributed by atoms with E-state index in [0.717, 1.165) is 6.42 Å². The zero-order valence-corrected chi connectivity index (χ0v) is 15.4. The first-order valence-electron chi connectivity index (χ1n) is 8.50. The molecule has 1 N–H and O–H groups in total. The van der Waals surface area contributed by atoms with E-state index >= 15 is 0 Å². The van der Waals surface area contributed by atoms with Crippen LogP contribution >= 0.6 is 0 Å². The summed E-state index contributed by atoms with van der Waals surface area (Å²) in [4.78, 5) is 12.2. The average molecular weight is 303 g/mol. The predicted octanol–water partition coefficient (Wildman–Crippen LogP) is 4.71. The van der Waals surface area contributed by atoms with Crippen LogP contribution in [-0.2, 0) is 16.6 Å². The summed E-state index contributed by atoms with van der Waals surface area (Å²) in [5.41, 5.74) is 2.74. The van der Waals surface area contributed by atoms with Gasteiger partial charge in [-0.2, -0.15) is 0 Å².